The standard InChI is InChI=1S/C34H61N7O6/c1-20(2)15-28-32(45)37-26(16-24-11-7-8-12-24)30(43)38-27(17-35)31(44)39-29(23(5)42)33(46)36-21(3)18-41(19-25-13-9-10-14-25)22(4)34(47)40(28)6/h20-29,42H,7-19,35H2,1-6H3,(H,36,46)(H,37,45)(H,38,43)(H,39,44)/t21-,22+,23+,26+,27+,28+,29+/m1/s1. The monoisotopic (exact) mass is 663 g/mol. The van der Waals surface area contributed by atoms with E-state index in [4.69, 9.17) is 5.73 Å². The number of likely N-dealkylation sites (N-methyl/N-ethyl adjacent to an activating group) is 1. The summed E-state index contributed by atoms with van der Waals surface area (Å²) in [5.74, 6) is -1.73. The Morgan fingerprint density at radius 1 is 0.787 bits per heavy atom. The molecule has 0 aromatic carbocycles. The van der Waals surface area contributed by atoms with Crippen molar-refractivity contribution >= 4 is 29.5 Å². The van der Waals surface area contributed by atoms with Crippen LogP contribution in [-0.2, 0) is 24.0 Å². The highest BCUT2D eigenvalue weighted by Gasteiger charge is 2.38. The highest BCUT2D eigenvalue weighted by molar-refractivity contribution is 5.96. The molecule has 7 N–H and O–H groups in total. The van der Waals surface area contributed by atoms with E-state index in [1.165, 1.54) is 11.8 Å². The van der Waals surface area contributed by atoms with Gasteiger partial charge in [0.1, 0.15) is 24.2 Å². The SMILES string of the molecule is CC(C)C[C@H]1C(=O)N[C@@H](CC2CCCC2)C(=O)N[C@@H](CN)C(=O)N[C@@H]([C@H](C)O)C(=O)N[C@H](C)CN(CC2CCCC2)[C@@H](C)C(=O)N1C. The lowest BCUT2D eigenvalue weighted by atomic mass is 9.96. The van der Waals surface area contributed by atoms with Crippen molar-refractivity contribution in [3.05, 3.63) is 0 Å². The van der Waals surface area contributed by atoms with Gasteiger partial charge in [0.05, 0.1) is 12.1 Å². The molecule has 3 rings (SSSR count). The smallest absolute Gasteiger partial charge is 0.245 e. The average molecular weight is 664 g/mol. The van der Waals surface area contributed by atoms with Crippen LogP contribution < -0.4 is 27.0 Å². The van der Waals surface area contributed by atoms with Gasteiger partial charge >= 0.3 is 0 Å². The van der Waals surface area contributed by atoms with Gasteiger partial charge in [-0.1, -0.05) is 52.4 Å². The molecule has 0 aromatic rings. The van der Waals surface area contributed by atoms with Crippen LogP contribution in [0.5, 0.6) is 0 Å². The second-order valence-corrected chi connectivity index (χ2v) is 14.8. The van der Waals surface area contributed by atoms with Crippen molar-refractivity contribution in [2.24, 2.45) is 23.5 Å². The Labute approximate surface area is 280 Å². The normalized spacial score (nSPS) is 31.3. The zero-order chi connectivity index (χ0) is 34.8. The summed E-state index contributed by atoms with van der Waals surface area (Å²) >= 11 is 0. The first-order valence-electron chi connectivity index (χ1n) is 17.8. The van der Waals surface area contributed by atoms with Crippen molar-refractivity contribution < 1.29 is 29.1 Å². The largest absolute Gasteiger partial charge is 0.391 e. The number of carbonyl (C=O) groups is 5. The summed E-state index contributed by atoms with van der Waals surface area (Å²) in [6.07, 6.45) is 7.94. The van der Waals surface area contributed by atoms with Gasteiger partial charge in [0.2, 0.25) is 29.5 Å². The predicted molar refractivity (Wildman–Crippen MR) is 180 cm³/mol. The molecule has 1 aliphatic heterocycles. The summed E-state index contributed by atoms with van der Waals surface area (Å²) in [5, 5.41) is 21.6. The van der Waals surface area contributed by atoms with Crippen molar-refractivity contribution in [2.45, 2.75) is 141 Å². The van der Waals surface area contributed by atoms with Crippen LogP contribution in [0.25, 0.3) is 0 Å². The molecule has 13 heteroatoms. The van der Waals surface area contributed by atoms with Crippen LogP contribution in [0.1, 0.15) is 98.8 Å². The zero-order valence-electron chi connectivity index (χ0n) is 29.4. The van der Waals surface area contributed by atoms with E-state index < -0.39 is 66.0 Å². The van der Waals surface area contributed by atoms with Crippen LogP contribution >= 0.6 is 0 Å². The van der Waals surface area contributed by atoms with Crippen molar-refractivity contribution in [1.82, 2.24) is 31.1 Å². The highest BCUT2D eigenvalue weighted by Crippen LogP contribution is 2.29. The number of nitrogens with two attached hydrogens (primary N) is 1. The van der Waals surface area contributed by atoms with Gasteiger partial charge in [-0.3, -0.25) is 28.9 Å². The third kappa shape index (κ3) is 11.1. The second-order valence-electron chi connectivity index (χ2n) is 14.8. The predicted octanol–water partition coefficient (Wildman–Crippen LogP) is 0.633. The minimum absolute atomic E-state index is 0.0910. The Morgan fingerprint density at radius 3 is 1.89 bits per heavy atom. The van der Waals surface area contributed by atoms with Gasteiger partial charge in [-0.15, -0.1) is 0 Å². The number of hydrogen-bond donors (Lipinski definition) is 6. The molecular weight excluding hydrogens is 602 g/mol. The fourth-order valence-electron chi connectivity index (χ4n) is 7.38. The van der Waals surface area contributed by atoms with E-state index in [0.717, 1.165) is 51.4 Å². The Morgan fingerprint density at radius 2 is 1.34 bits per heavy atom. The summed E-state index contributed by atoms with van der Waals surface area (Å²) in [6.45, 7) is 9.81. The summed E-state index contributed by atoms with van der Waals surface area (Å²) in [6, 6.07) is -5.27. The third-order valence-electron chi connectivity index (χ3n) is 10.2. The minimum Gasteiger partial charge on any atom is -0.391 e. The maximum absolute atomic E-state index is 14.2. The number of carbonyl (C=O) groups excluding carboxylic acids is 5. The highest BCUT2D eigenvalue weighted by atomic mass is 16.3. The summed E-state index contributed by atoms with van der Waals surface area (Å²) in [5.41, 5.74) is 5.92. The molecule has 1 saturated heterocycles. The van der Waals surface area contributed by atoms with Crippen LogP contribution in [0.2, 0.25) is 0 Å². The average Bonchev–Trinajstić information content (AvgIpc) is 3.73. The van der Waals surface area contributed by atoms with Crippen LogP contribution in [0.4, 0.5) is 0 Å². The number of nitrogens with one attached hydrogen (secondary N) is 4. The summed E-state index contributed by atoms with van der Waals surface area (Å²) < 4.78 is 0. The van der Waals surface area contributed by atoms with Gasteiger partial charge in [-0.25, -0.2) is 0 Å². The molecule has 2 saturated carbocycles. The van der Waals surface area contributed by atoms with Crippen LogP contribution in [0, 0.1) is 17.8 Å². The van der Waals surface area contributed by atoms with Gasteiger partial charge in [-0.2, -0.15) is 0 Å². The quantitative estimate of drug-likeness (QED) is 0.218. The third-order valence-corrected chi connectivity index (χ3v) is 10.2. The molecule has 47 heavy (non-hydrogen) atoms. The van der Waals surface area contributed by atoms with E-state index in [2.05, 4.69) is 26.2 Å². The number of rotatable bonds is 8. The van der Waals surface area contributed by atoms with Crippen molar-refractivity contribution in [3.63, 3.8) is 0 Å². The molecular formula is C34H61N7O6. The molecule has 3 aliphatic rings. The van der Waals surface area contributed by atoms with Crippen molar-refractivity contribution in [2.75, 3.05) is 26.7 Å². The van der Waals surface area contributed by atoms with E-state index in [1.54, 1.807) is 7.05 Å². The van der Waals surface area contributed by atoms with Crippen LogP contribution in [0.15, 0.2) is 0 Å². The van der Waals surface area contributed by atoms with Crippen molar-refractivity contribution in [3.8, 4) is 0 Å². The molecule has 0 radical (unpaired) electrons. The Bertz CT molecular complexity index is 1080. The van der Waals surface area contributed by atoms with E-state index in [9.17, 15) is 29.1 Å². The molecule has 0 aromatic heterocycles. The van der Waals surface area contributed by atoms with Gasteiger partial charge in [0, 0.05) is 32.7 Å². The minimum atomic E-state index is -1.30. The van der Waals surface area contributed by atoms with Crippen LogP contribution in [0.3, 0.4) is 0 Å². The molecule has 268 valence electrons. The second kappa shape index (κ2) is 18.1. The van der Waals surface area contributed by atoms with E-state index >= 15 is 0 Å². The lowest BCUT2D eigenvalue weighted by molar-refractivity contribution is -0.144. The molecule has 0 bridgehead atoms. The Hall–Kier alpha value is -2.77. The summed E-state index contributed by atoms with van der Waals surface area (Å²) in [4.78, 5) is 72.3. The summed E-state index contributed by atoms with van der Waals surface area (Å²) in [7, 11) is 1.65. The first-order valence-corrected chi connectivity index (χ1v) is 17.8. The molecule has 0 spiro atoms. The van der Waals surface area contributed by atoms with E-state index in [0.29, 0.717) is 31.8 Å². The van der Waals surface area contributed by atoms with Gasteiger partial charge < -0.3 is 37.0 Å². The lowest BCUT2D eigenvalue weighted by Gasteiger charge is -2.38. The van der Waals surface area contributed by atoms with E-state index in [-0.39, 0.29) is 24.3 Å². The number of amides is 5. The topological polar surface area (TPSA) is 186 Å². The Kier molecular flexibility index (Phi) is 14.9. The van der Waals surface area contributed by atoms with E-state index in [1.807, 2.05) is 27.7 Å². The lowest BCUT2D eigenvalue weighted by Crippen LogP contribution is -2.63. The molecule has 0 unspecified atom stereocenters. The van der Waals surface area contributed by atoms with Gasteiger partial charge in [-0.05, 0) is 64.2 Å². The first kappa shape index (κ1) is 38.7. The zero-order valence-corrected chi connectivity index (χ0v) is 29.4. The molecule has 2 aliphatic carbocycles. The maximum atomic E-state index is 14.2. The molecule has 1 heterocycles. The number of aliphatic hydroxyl groups is 1. The molecule has 13 nitrogen and oxygen atoms in total. The Balaban J connectivity index is 2.01. The molecule has 3 fully saturated rings. The van der Waals surface area contributed by atoms with Crippen LogP contribution in [-0.4, -0.2) is 113 Å². The fraction of sp³-hybridized carbons (Fsp3) is 0.853. The molecule has 5 amide bonds. The molecule has 7 atom stereocenters. The van der Waals surface area contributed by atoms with Crippen molar-refractivity contribution in [1.29, 1.82) is 0 Å². The van der Waals surface area contributed by atoms with Gasteiger partial charge in [0.15, 0.2) is 0 Å². The number of aliphatic hydroxyl groups excluding tert-OH is 1. The number of nitrogens with zero attached hydrogens (tertiary/aromatic N) is 2. The number of hydrogen-bond acceptors (Lipinski definition) is 8. The van der Waals surface area contributed by atoms with Gasteiger partial charge in [0.25, 0.3) is 0 Å². The first-order chi connectivity index (χ1) is 22.2. The fourth-order valence-corrected chi connectivity index (χ4v) is 7.38. The maximum Gasteiger partial charge on any atom is 0.245 e.